The van der Waals surface area contributed by atoms with Crippen molar-refractivity contribution in [2.75, 3.05) is 5.73 Å². The first-order chi connectivity index (χ1) is 7.00. The van der Waals surface area contributed by atoms with E-state index in [-0.39, 0.29) is 11.7 Å². The van der Waals surface area contributed by atoms with Crippen LogP contribution in [0.2, 0.25) is 0 Å². The van der Waals surface area contributed by atoms with Crippen molar-refractivity contribution in [1.82, 2.24) is 0 Å². The standard InChI is InChI=1S/C6H5N2O2.C2H4O2.Hg/c7-5-1-3-6(4-2-5)8(9)10;1-2(3)4;/h1,3-4H,7H2;1H3,(H,3,4);/q;;+1/p-1. The van der Waals surface area contributed by atoms with Gasteiger partial charge in [0.15, 0.2) is 0 Å². The number of rotatable bonds is 3. The average Bonchev–Trinajstić information content (AvgIpc) is 2.16. The molecule has 7 heteroatoms. The number of anilines is 1. The fourth-order valence-electron chi connectivity index (χ4n) is 1.01. The number of non-ortho nitro benzene ring substituents is 1. The molecule has 0 aliphatic carbocycles. The minimum atomic E-state index is -2.08. The van der Waals surface area contributed by atoms with Crippen LogP contribution in [0.5, 0.6) is 0 Å². The van der Waals surface area contributed by atoms with Crippen LogP contribution in [0.15, 0.2) is 18.2 Å². The number of nitrogens with zero attached hydrogens (tertiary/aromatic N) is 1. The zero-order valence-corrected chi connectivity index (χ0v) is 13.6. The van der Waals surface area contributed by atoms with Gasteiger partial charge in [-0.2, -0.15) is 0 Å². The van der Waals surface area contributed by atoms with E-state index in [0.717, 1.165) is 0 Å². The van der Waals surface area contributed by atoms with Crippen molar-refractivity contribution in [1.29, 1.82) is 0 Å². The number of nitrogen functional groups attached to an aromatic ring is 1. The summed E-state index contributed by atoms with van der Waals surface area (Å²) in [6.45, 7) is 1.31. The summed E-state index contributed by atoms with van der Waals surface area (Å²) in [7, 11) is 0. The van der Waals surface area contributed by atoms with Crippen LogP contribution in [-0.2, 0) is 32.5 Å². The molecule has 0 atom stereocenters. The van der Waals surface area contributed by atoms with E-state index >= 15 is 0 Å². The van der Waals surface area contributed by atoms with E-state index in [4.69, 9.17) is 8.38 Å². The Balaban J connectivity index is 2.90. The topological polar surface area (TPSA) is 95.5 Å². The van der Waals surface area contributed by atoms with E-state index in [9.17, 15) is 14.9 Å². The summed E-state index contributed by atoms with van der Waals surface area (Å²) < 4.78 is 5.58. The third-order valence-electron chi connectivity index (χ3n) is 1.77. The van der Waals surface area contributed by atoms with E-state index in [2.05, 4.69) is 0 Å². The van der Waals surface area contributed by atoms with Gasteiger partial charge in [-0.1, -0.05) is 0 Å². The summed E-state index contributed by atoms with van der Waals surface area (Å²) in [4.78, 5) is 20.6. The summed E-state index contributed by atoms with van der Waals surface area (Å²) in [5.74, 6) is -0.359. The van der Waals surface area contributed by atoms with Crippen LogP contribution in [0.25, 0.3) is 0 Å². The second kappa shape index (κ2) is 5.06. The Kier molecular flexibility index (Phi) is 4.01. The van der Waals surface area contributed by atoms with Crippen LogP contribution in [0.4, 0.5) is 11.4 Å². The summed E-state index contributed by atoms with van der Waals surface area (Å²) >= 11 is -2.08. The quantitative estimate of drug-likeness (QED) is 0.344. The first kappa shape index (κ1) is 11.9. The number of carbonyl (C=O) groups excluding carboxylic acids is 1. The Bertz CT molecular complexity index is 408. The molecule has 0 spiro atoms. The normalized spacial score (nSPS) is 9.13. The molecule has 0 amide bonds. The van der Waals surface area contributed by atoms with Crippen molar-refractivity contribution in [3.63, 3.8) is 0 Å². The van der Waals surface area contributed by atoms with Gasteiger partial charge in [-0.25, -0.2) is 0 Å². The molecular weight excluding hydrogens is 389 g/mol. The van der Waals surface area contributed by atoms with Crippen LogP contribution < -0.4 is 8.81 Å². The molecule has 15 heavy (non-hydrogen) atoms. The Morgan fingerprint density at radius 1 is 1.60 bits per heavy atom. The first-order valence-corrected chi connectivity index (χ1v) is 9.16. The molecule has 0 saturated carbocycles. The predicted octanol–water partition coefficient (Wildman–Crippen LogP) is 0.363. The molecule has 0 aliphatic rings. The molecule has 0 aromatic heterocycles. The van der Waals surface area contributed by atoms with Crippen LogP contribution in [-0.4, -0.2) is 10.9 Å². The molecule has 0 aliphatic heterocycles. The van der Waals surface area contributed by atoms with E-state index < -0.39 is 30.0 Å². The molecule has 1 aromatic carbocycles. The minimum absolute atomic E-state index is 0.0219. The molecule has 1 rings (SSSR count). The number of hydrogen-bond acceptors (Lipinski definition) is 5. The van der Waals surface area contributed by atoms with Crippen molar-refractivity contribution in [2.24, 2.45) is 0 Å². The van der Waals surface area contributed by atoms with Gasteiger partial charge < -0.3 is 0 Å². The van der Waals surface area contributed by atoms with E-state index in [1.54, 1.807) is 0 Å². The van der Waals surface area contributed by atoms with Crippen molar-refractivity contribution < 1.29 is 37.4 Å². The Hall–Kier alpha value is -1.17. The van der Waals surface area contributed by atoms with Gasteiger partial charge in [-0.05, 0) is 0 Å². The first-order valence-electron chi connectivity index (χ1n) is 4.17. The van der Waals surface area contributed by atoms with E-state index in [1.165, 1.54) is 25.1 Å². The average molecular weight is 397 g/mol. The van der Waals surface area contributed by atoms with E-state index in [0.29, 0.717) is 8.76 Å². The number of carbonyl (C=O) groups is 1. The van der Waals surface area contributed by atoms with Crippen molar-refractivity contribution in [3.8, 4) is 0 Å². The molecule has 76 valence electrons. The van der Waals surface area contributed by atoms with Crippen molar-refractivity contribution >= 4 is 20.4 Å². The number of nitro groups is 1. The summed E-state index contributed by atoms with van der Waals surface area (Å²) in [6, 6.07) is 4.19. The van der Waals surface area contributed by atoms with Crippen LogP contribution >= 0.6 is 0 Å². The molecule has 0 radical (unpaired) electrons. The van der Waals surface area contributed by atoms with Crippen LogP contribution in [0.1, 0.15) is 6.92 Å². The Morgan fingerprint density at radius 3 is 2.80 bits per heavy atom. The van der Waals surface area contributed by atoms with Gasteiger partial charge in [0.2, 0.25) is 0 Å². The predicted molar refractivity (Wildman–Crippen MR) is 48.9 cm³/mol. The van der Waals surface area contributed by atoms with Gasteiger partial charge in [-0.15, -0.1) is 0 Å². The number of nitro benzene ring substituents is 1. The SMILES string of the molecule is CC(=O)[O][Hg][c]1cc([N+](=O)[O-])ccc1N. The van der Waals surface area contributed by atoms with Gasteiger partial charge in [0, 0.05) is 0 Å². The molecule has 6 nitrogen and oxygen atoms in total. The second-order valence-corrected chi connectivity index (χ2v) is 8.13. The summed E-state index contributed by atoms with van der Waals surface area (Å²) in [6.07, 6.45) is 0. The fraction of sp³-hybridized carbons (Fsp3) is 0.125. The molecule has 0 fully saturated rings. The maximum atomic E-state index is 10.6. The van der Waals surface area contributed by atoms with Gasteiger partial charge in [0.25, 0.3) is 0 Å². The molecular formula is C8H8HgN2O4. The third kappa shape index (κ3) is 3.47. The number of nitrogens with two attached hydrogens (primary N) is 1. The van der Waals surface area contributed by atoms with Gasteiger partial charge in [-0.3, -0.25) is 0 Å². The fourth-order valence-corrected chi connectivity index (χ4v) is 4.65. The Labute approximate surface area is 98.7 Å². The number of benzene rings is 1. The second-order valence-electron chi connectivity index (χ2n) is 2.92. The Morgan fingerprint density at radius 2 is 2.27 bits per heavy atom. The summed E-state index contributed by atoms with van der Waals surface area (Å²) in [5.41, 5.74) is 6.06. The van der Waals surface area contributed by atoms with Gasteiger partial charge in [0.1, 0.15) is 0 Å². The van der Waals surface area contributed by atoms with E-state index in [1.807, 2.05) is 0 Å². The molecule has 0 unspecified atom stereocenters. The van der Waals surface area contributed by atoms with Crippen molar-refractivity contribution in [3.05, 3.63) is 28.3 Å². The summed E-state index contributed by atoms with van der Waals surface area (Å²) in [5, 5.41) is 10.5. The van der Waals surface area contributed by atoms with Gasteiger partial charge >= 0.3 is 98.8 Å². The molecule has 1 aromatic rings. The zero-order valence-electron chi connectivity index (χ0n) is 8.10. The van der Waals surface area contributed by atoms with Crippen molar-refractivity contribution in [2.45, 2.75) is 6.92 Å². The zero-order chi connectivity index (χ0) is 11.4. The van der Waals surface area contributed by atoms with Crippen LogP contribution in [0.3, 0.4) is 0 Å². The molecule has 0 heterocycles. The maximum absolute atomic E-state index is 10.6. The molecule has 0 bridgehead atoms. The molecule has 2 N–H and O–H groups in total. The van der Waals surface area contributed by atoms with Gasteiger partial charge in [0.05, 0.1) is 0 Å². The monoisotopic (exact) mass is 398 g/mol. The van der Waals surface area contributed by atoms with Crippen LogP contribution in [0, 0.1) is 10.1 Å². The molecule has 0 saturated heterocycles. The number of hydrogen-bond donors (Lipinski definition) is 1. The third-order valence-corrected chi connectivity index (χ3v) is 7.50.